The van der Waals surface area contributed by atoms with Gasteiger partial charge in [0.1, 0.15) is 17.7 Å². The van der Waals surface area contributed by atoms with Crippen LogP contribution < -0.4 is 4.90 Å². The van der Waals surface area contributed by atoms with Gasteiger partial charge in [-0.15, -0.1) is 10.2 Å². The van der Waals surface area contributed by atoms with E-state index in [0.717, 1.165) is 43.1 Å². The molecule has 0 bridgehead atoms. The summed E-state index contributed by atoms with van der Waals surface area (Å²) >= 11 is 0. The first kappa shape index (κ1) is 31.2. The highest BCUT2D eigenvalue weighted by atomic mass is 19.4. The van der Waals surface area contributed by atoms with Gasteiger partial charge in [0, 0.05) is 37.8 Å². The Morgan fingerprint density at radius 1 is 0.978 bits per heavy atom. The van der Waals surface area contributed by atoms with E-state index in [-0.39, 0.29) is 36.9 Å². The third kappa shape index (κ3) is 5.48. The number of ether oxygens (including phenoxy) is 1. The molecule has 0 radical (unpaired) electrons. The zero-order chi connectivity index (χ0) is 32.5. The van der Waals surface area contributed by atoms with E-state index >= 15 is 0 Å². The molecule has 1 aliphatic carbocycles. The summed E-state index contributed by atoms with van der Waals surface area (Å²) in [5.74, 6) is 0.145. The van der Waals surface area contributed by atoms with Crippen molar-refractivity contribution in [3.63, 3.8) is 0 Å². The molecule has 0 amide bonds. The lowest BCUT2D eigenvalue weighted by Crippen LogP contribution is -2.59. The molecule has 3 aliphatic rings. The number of aromatic nitrogens is 6. The molecule has 4 aromatic rings. The number of anilines is 1. The molecule has 3 fully saturated rings. The molecule has 0 N–H and O–H groups in total. The fourth-order valence-electron chi connectivity index (χ4n) is 7.59. The van der Waals surface area contributed by atoms with E-state index in [1.807, 2.05) is 25.2 Å². The van der Waals surface area contributed by atoms with Crippen LogP contribution in [0.3, 0.4) is 0 Å². The van der Waals surface area contributed by atoms with Gasteiger partial charge in [-0.25, -0.2) is 9.38 Å². The number of halogens is 6. The van der Waals surface area contributed by atoms with Crippen LogP contribution in [0.15, 0.2) is 30.6 Å². The van der Waals surface area contributed by atoms with Crippen molar-refractivity contribution in [2.75, 3.05) is 24.6 Å². The van der Waals surface area contributed by atoms with Gasteiger partial charge < -0.3 is 14.2 Å². The molecule has 15 heteroatoms. The van der Waals surface area contributed by atoms with Crippen molar-refractivity contribution in [2.45, 2.75) is 89.6 Å². The molecule has 9 nitrogen and oxygen atoms in total. The first-order valence-electron chi connectivity index (χ1n) is 15.7. The lowest BCUT2D eigenvalue weighted by atomic mass is 9.68. The first-order chi connectivity index (χ1) is 21.8. The minimum absolute atomic E-state index is 0.0519. The average molecular weight is 651 g/mol. The number of piperazine rings is 1. The van der Waals surface area contributed by atoms with E-state index in [2.05, 4.69) is 24.6 Å². The molecule has 248 valence electrons. The predicted octanol–water partition coefficient (Wildman–Crippen LogP) is 6.21. The molecular formula is C31H36F6N8O. The monoisotopic (exact) mass is 650 g/mol. The molecule has 3 aromatic heterocycles. The highest BCUT2D eigenvalue weighted by Crippen LogP contribution is 2.52. The quantitative estimate of drug-likeness (QED) is 0.230. The Morgan fingerprint density at radius 3 is 2.37 bits per heavy atom. The number of benzene rings is 1. The summed E-state index contributed by atoms with van der Waals surface area (Å²) < 4.78 is 90.5. The molecular weight excluding hydrogens is 614 g/mol. The maximum Gasteiger partial charge on any atom is 0.416 e. The number of hydrogen-bond acceptors (Lipinski definition) is 7. The van der Waals surface area contributed by atoms with Crippen molar-refractivity contribution >= 4 is 22.8 Å². The zero-order valence-corrected chi connectivity index (χ0v) is 25.8. The fourth-order valence-corrected chi connectivity index (χ4v) is 7.59. The average Bonchev–Trinajstić information content (AvgIpc) is 3.71. The molecule has 1 saturated carbocycles. The van der Waals surface area contributed by atoms with Crippen LogP contribution in [0.1, 0.15) is 62.5 Å². The Bertz CT molecular complexity index is 1700. The Kier molecular flexibility index (Phi) is 7.69. The third-order valence-corrected chi connectivity index (χ3v) is 10.0. The smallest absolute Gasteiger partial charge is 0.376 e. The van der Waals surface area contributed by atoms with Gasteiger partial charge in [-0.05, 0) is 70.1 Å². The minimum atomic E-state index is -4.50. The topological polar surface area (TPSA) is 76.6 Å². The van der Waals surface area contributed by atoms with Gasteiger partial charge in [0.15, 0.2) is 11.5 Å². The summed E-state index contributed by atoms with van der Waals surface area (Å²) in [5, 5.41) is 8.35. The normalized spacial score (nSPS) is 27.1. The molecule has 46 heavy (non-hydrogen) atoms. The minimum Gasteiger partial charge on any atom is -0.376 e. The van der Waals surface area contributed by atoms with E-state index in [4.69, 9.17) is 14.7 Å². The molecule has 2 saturated heterocycles. The predicted molar refractivity (Wildman–Crippen MR) is 157 cm³/mol. The van der Waals surface area contributed by atoms with Crippen molar-refractivity contribution in [2.24, 2.45) is 11.8 Å². The van der Waals surface area contributed by atoms with Crippen LogP contribution in [0, 0.1) is 18.8 Å². The number of aryl methyl sites for hydroxylation is 1. The van der Waals surface area contributed by atoms with E-state index < -0.39 is 29.9 Å². The molecule has 4 atom stereocenters. The number of hydrogen-bond donors (Lipinski definition) is 0. The largest absolute Gasteiger partial charge is 0.416 e. The Labute approximate surface area is 261 Å². The number of fused-ring (bicyclic) bond motifs is 3. The number of rotatable bonds is 6. The summed E-state index contributed by atoms with van der Waals surface area (Å²) in [5.41, 5.74) is 1.33. The van der Waals surface area contributed by atoms with Crippen molar-refractivity contribution < 1.29 is 31.1 Å². The van der Waals surface area contributed by atoms with E-state index in [9.17, 15) is 26.3 Å². The molecule has 1 aromatic carbocycles. The van der Waals surface area contributed by atoms with Gasteiger partial charge in [-0.1, -0.05) is 12.1 Å². The Balaban J connectivity index is 1.21. The second-order valence-electron chi connectivity index (χ2n) is 13.1. The van der Waals surface area contributed by atoms with Crippen molar-refractivity contribution in [3.8, 4) is 0 Å². The number of alkyl halides is 6. The lowest BCUT2D eigenvalue weighted by molar-refractivity contribution is -0.211. The maximum absolute atomic E-state index is 13.5. The molecule has 7 rings (SSSR count). The van der Waals surface area contributed by atoms with Gasteiger partial charge >= 0.3 is 12.4 Å². The van der Waals surface area contributed by atoms with Crippen molar-refractivity contribution in [1.82, 2.24) is 34.0 Å². The number of imidazole rings is 1. The van der Waals surface area contributed by atoms with Crippen LogP contribution in [-0.2, 0) is 17.5 Å². The van der Waals surface area contributed by atoms with E-state index in [0.29, 0.717) is 42.3 Å². The van der Waals surface area contributed by atoms with Crippen LogP contribution >= 0.6 is 0 Å². The number of nitrogens with zero attached hydrogens (tertiary/aromatic N) is 8. The summed E-state index contributed by atoms with van der Waals surface area (Å²) in [6, 6.07) is 4.14. The summed E-state index contributed by atoms with van der Waals surface area (Å²) in [4.78, 5) is 14.1. The third-order valence-electron chi connectivity index (χ3n) is 10.0. The molecule has 0 spiro atoms. The van der Waals surface area contributed by atoms with Gasteiger partial charge in [0.2, 0.25) is 0 Å². The Morgan fingerprint density at radius 2 is 1.72 bits per heavy atom. The molecule has 5 heterocycles. The Hall–Kier alpha value is -3.46. The fraction of sp³-hybridized carbons (Fsp3) is 0.613. The van der Waals surface area contributed by atoms with Gasteiger partial charge in [-0.3, -0.25) is 4.90 Å². The second-order valence-corrected chi connectivity index (χ2v) is 13.1. The van der Waals surface area contributed by atoms with Crippen LogP contribution in [0.5, 0.6) is 0 Å². The van der Waals surface area contributed by atoms with Gasteiger partial charge in [0.05, 0.1) is 24.1 Å². The van der Waals surface area contributed by atoms with Crippen LogP contribution in [0.4, 0.5) is 32.2 Å². The standard InChI is InChI=1S/C31H36F6N8O/c1-17-14-43(27-25-28(45-16-38-41-29(45)40-27)44(19(3)39-25)15-24-5-4-10-46-24)18(2)13-42(17)26(21-11-23(12-21)31(35,36)37)20-6-8-22(9-7-20)30(32,33)34/h6-9,16-18,21,23-24,26H,4-5,10-15H2,1-3H3/t17-,18+,21?,23?,24+,26?/m1/s1. The molecule has 2 aliphatic heterocycles. The van der Waals surface area contributed by atoms with E-state index in [1.54, 1.807) is 6.33 Å². The van der Waals surface area contributed by atoms with Gasteiger partial charge in [-0.2, -0.15) is 31.3 Å². The van der Waals surface area contributed by atoms with Crippen LogP contribution in [0.2, 0.25) is 0 Å². The zero-order valence-electron chi connectivity index (χ0n) is 25.8. The summed E-state index contributed by atoms with van der Waals surface area (Å²) in [6.45, 7) is 8.29. The molecule has 1 unspecified atom stereocenters. The highest BCUT2D eigenvalue weighted by molar-refractivity contribution is 5.87. The van der Waals surface area contributed by atoms with Crippen molar-refractivity contribution in [1.29, 1.82) is 0 Å². The maximum atomic E-state index is 13.5. The van der Waals surface area contributed by atoms with Crippen LogP contribution in [0.25, 0.3) is 16.9 Å². The van der Waals surface area contributed by atoms with Gasteiger partial charge in [0.25, 0.3) is 5.78 Å². The van der Waals surface area contributed by atoms with E-state index in [1.165, 1.54) is 12.1 Å². The highest BCUT2D eigenvalue weighted by Gasteiger charge is 2.52. The first-order valence-corrected chi connectivity index (χ1v) is 15.7. The summed E-state index contributed by atoms with van der Waals surface area (Å²) in [7, 11) is 0. The SMILES string of the molecule is Cc1nc2c(N3C[C@@H](C)N(C(c4ccc(C(F)(F)F)cc4)C4CC(C(F)(F)F)C4)C[C@@H]3C)nc3nncn3c2n1C[C@@H]1CCCO1. The second kappa shape index (κ2) is 11.4. The lowest BCUT2D eigenvalue weighted by Gasteiger charge is -2.52. The van der Waals surface area contributed by atoms with Crippen LogP contribution in [-0.4, -0.2) is 78.1 Å². The summed E-state index contributed by atoms with van der Waals surface area (Å²) in [6.07, 6.45) is -5.23. The van der Waals surface area contributed by atoms with Crippen molar-refractivity contribution in [3.05, 3.63) is 47.5 Å².